The predicted molar refractivity (Wildman–Crippen MR) is 67.4 cm³/mol. The Morgan fingerprint density at radius 3 is 2.67 bits per heavy atom. The summed E-state index contributed by atoms with van der Waals surface area (Å²) in [5.41, 5.74) is 7.20. The Kier molecular flexibility index (Phi) is 4.61. The number of nitrogens with two attached hydrogens (primary N) is 1. The van der Waals surface area contributed by atoms with Gasteiger partial charge >= 0.3 is 0 Å². The lowest BCUT2D eigenvalue weighted by Gasteiger charge is -2.06. The molecule has 1 atom stereocenters. The van der Waals surface area contributed by atoms with Gasteiger partial charge in [-0.2, -0.15) is 0 Å². The Morgan fingerprint density at radius 1 is 1.47 bits per heavy atom. The zero-order chi connectivity index (χ0) is 11.4. The zero-order valence-electron chi connectivity index (χ0n) is 9.00. The normalized spacial score (nSPS) is 13.1. The first-order valence-electron chi connectivity index (χ1n) is 4.88. The van der Waals surface area contributed by atoms with Crippen LogP contribution in [0.1, 0.15) is 19.4 Å². The molecule has 1 aromatic carbocycles. The van der Waals surface area contributed by atoms with Gasteiger partial charge in [0.25, 0.3) is 0 Å². The first kappa shape index (κ1) is 12.5. The Morgan fingerprint density at radius 2 is 2.13 bits per heavy atom. The third-order valence-corrected chi connectivity index (χ3v) is 3.95. The fourth-order valence-corrected chi connectivity index (χ4v) is 2.83. The van der Waals surface area contributed by atoms with Crippen LogP contribution in [0.2, 0.25) is 5.02 Å². The van der Waals surface area contributed by atoms with E-state index in [0.29, 0.717) is 22.4 Å². The standard InChI is InChI=1S/C11H16ClNOS/c1-8(2)6-15(14)7-9-3-4-10(12)11(13)5-9/h3-5,8H,6-7,13H2,1-2H3. The van der Waals surface area contributed by atoms with E-state index in [0.717, 1.165) is 11.3 Å². The second kappa shape index (κ2) is 5.52. The lowest BCUT2D eigenvalue weighted by molar-refractivity contribution is 0.664. The van der Waals surface area contributed by atoms with Gasteiger partial charge in [0.15, 0.2) is 0 Å². The van der Waals surface area contributed by atoms with Gasteiger partial charge in [-0.1, -0.05) is 31.5 Å². The molecule has 2 N–H and O–H groups in total. The number of hydrogen-bond donors (Lipinski definition) is 1. The molecule has 0 spiro atoms. The van der Waals surface area contributed by atoms with Crippen molar-refractivity contribution in [3.63, 3.8) is 0 Å². The summed E-state index contributed by atoms with van der Waals surface area (Å²) >= 11 is 5.80. The molecule has 0 bridgehead atoms. The fraction of sp³-hybridized carbons (Fsp3) is 0.455. The topological polar surface area (TPSA) is 43.1 Å². The third kappa shape index (κ3) is 4.22. The second-order valence-electron chi connectivity index (χ2n) is 4.00. The molecular weight excluding hydrogens is 230 g/mol. The highest BCUT2D eigenvalue weighted by Gasteiger charge is 2.05. The van der Waals surface area contributed by atoms with Crippen molar-refractivity contribution < 1.29 is 4.21 Å². The van der Waals surface area contributed by atoms with E-state index in [2.05, 4.69) is 13.8 Å². The summed E-state index contributed by atoms with van der Waals surface area (Å²) in [7, 11) is -0.815. The van der Waals surface area contributed by atoms with E-state index >= 15 is 0 Å². The van der Waals surface area contributed by atoms with Crippen molar-refractivity contribution in [3.05, 3.63) is 28.8 Å². The molecule has 0 saturated heterocycles. The van der Waals surface area contributed by atoms with Crippen LogP contribution in [0.25, 0.3) is 0 Å². The molecule has 2 nitrogen and oxygen atoms in total. The minimum absolute atomic E-state index is 0.454. The molecule has 15 heavy (non-hydrogen) atoms. The lowest BCUT2D eigenvalue weighted by atomic mass is 10.2. The Hall–Kier alpha value is -0.540. The number of rotatable bonds is 4. The van der Waals surface area contributed by atoms with Gasteiger partial charge in [-0.25, -0.2) is 0 Å². The molecule has 0 aliphatic carbocycles. The maximum atomic E-state index is 11.7. The highest BCUT2D eigenvalue weighted by Crippen LogP contribution is 2.20. The van der Waals surface area contributed by atoms with Crippen molar-refractivity contribution in [2.75, 3.05) is 11.5 Å². The molecule has 0 aromatic heterocycles. The quantitative estimate of drug-likeness (QED) is 0.829. The average Bonchev–Trinajstić information content (AvgIpc) is 2.10. The molecule has 1 aromatic rings. The second-order valence-corrected chi connectivity index (χ2v) is 5.91. The molecule has 1 unspecified atom stereocenters. The molecule has 0 saturated carbocycles. The molecule has 4 heteroatoms. The van der Waals surface area contributed by atoms with E-state index in [4.69, 9.17) is 17.3 Å². The summed E-state index contributed by atoms with van der Waals surface area (Å²) in [6, 6.07) is 5.41. The van der Waals surface area contributed by atoms with Crippen molar-refractivity contribution in [1.29, 1.82) is 0 Å². The van der Waals surface area contributed by atoms with E-state index in [1.807, 2.05) is 6.07 Å². The highest BCUT2D eigenvalue weighted by atomic mass is 35.5. The van der Waals surface area contributed by atoms with Gasteiger partial charge < -0.3 is 5.73 Å². The van der Waals surface area contributed by atoms with Gasteiger partial charge in [0.05, 0.1) is 10.7 Å². The maximum absolute atomic E-state index is 11.7. The summed E-state index contributed by atoms with van der Waals surface area (Å²) in [4.78, 5) is 0. The SMILES string of the molecule is CC(C)CS(=O)Cc1ccc(Cl)c(N)c1. The van der Waals surface area contributed by atoms with Crippen molar-refractivity contribution in [2.24, 2.45) is 5.92 Å². The molecular formula is C11H16ClNOS. The van der Waals surface area contributed by atoms with Crippen LogP contribution in [0, 0.1) is 5.92 Å². The minimum Gasteiger partial charge on any atom is -0.398 e. The Balaban J connectivity index is 2.65. The number of hydrogen-bond acceptors (Lipinski definition) is 2. The third-order valence-electron chi connectivity index (χ3n) is 1.91. The zero-order valence-corrected chi connectivity index (χ0v) is 10.6. The van der Waals surface area contributed by atoms with Gasteiger partial charge in [-0.05, 0) is 23.6 Å². The van der Waals surface area contributed by atoms with E-state index in [9.17, 15) is 4.21 Å². The maximum Gasteiger partial charge on any atom is 0.0635 e. The molecule has 0 fully saturated rings. The first-order valence-corrected chi connectivity index (χ1v) is 6.74. The van der Waals surface area contributed by atoms with Crippen molar-refractivity contribution in [2.45, 2.75) is 19.6 Å². The van der Waals surface area contributed by atoms with Gasteiger partial charge in [0, 0.05) is 22.3 Å². The summed E-state index contributed by atoms with van der Waals surface area (Å²) in [5.74, 6) is 1.73. The summed E-state index contributed by atoms with van der Waals surface area (Å²) in [6.45, 7) is 4.13. The van der Waals surface area contributed by atoms with E-state index in [-0.39, 0.29) is 0 Å². The van der Waals surface area contributed by atoms with E-state index in [1.165, 1.54) is 0 Å². The van der Waals surface area contributed by atoms with Crippen molar-refractivity contribution >= 4 is 28.1 Å². The smallest absolute Gasteiger partial charge is 0.0635 e. The number of halogens is 1. The molecule has 0 radical (unpaired) electrons. The van der Waals surface area contributed by atoms with Gasteiger partial charge in [0.1, 0.15) is 0 Å². The number of benzene rings is 1. The molecule has 0 aliphatic heterocycles. The monoisotopic (exact) mass is 245 g/mol. The molecule has 0 amide bonds. The van der Waals surface area contributed by atoms with Crippen LogP contribution < -0.4 is 5.73 Å². The number of nitrogen functional groups attached to an aromatic ring is 1. The minimum atomic E-state index is -0.815. The van der Waals surface area contributed by atoms with Gasteiger partial charge in [0.2, 0.25) is 0 Å². The summed E-state index contributed by atoms with van der Waals surface area (Å²) in [5, 5.41) is 0.549. The van der Waals surface area contributed by atoms with Crippen LogP contribution in [0.3, 0.4) is 0 Å². The largest absolute Gasteiger partial charge is 0.398 e. The van der Waals surface area contributed by atoms with Crippen LogP contribution in [0.15, 0.2) is 18.2 Å². The average molecular weight is 246 g/mol. The molecule has 1 rings (SSSR count). The molecule has 0 heterocycles. The first-order chi connectivity index (χ1) is 6.99. The van der Waals surface area contributed by atoms with Crippen LogP contribution in [0.5, 0.6) is 0 Å². The van der Waals surface area contributed by atoms with Crippen LogP contribution in [0.4, 0.5) is 5.69 Å². The fourth-order valence-electron chi connectivity index (χ4n) is 1.30. The van der Waals surface area contributed by atoms with Crippen LogP contribution in [-0.2, 0) is 16.6 Å². The van der Waals surface area contributed by atoms with Crippen LogP contribution in [-0.4, -0.2) is 9.96 Å². The van der Waals surface area contributed by atoms with Gasteiger partial charge in [-0.3, -0.25) is 4.21 Å². The Labute approximate surface area is 98.3 Å². The lowest BCUT2D eigenvalue weighted by Crippen LogP contribution is -2.06. The summed E-state index contributed by atoms with van der Waals surface area (Å²) < 4.78 is 11.7. The highest BCUT2D eigenvalue weighted by molar-refractivity contribution is 7.84. The van der Waals surface area contributed by atoms with Gasteiger partial charge in [-0.15, -0.1) is 0 Å². The number of anilines is 1. The molecule has 84 valence electrons. The predicted octanol–water partition coefficient (Wildman–Crippen LogP) is 2.83. The van der Waals surface area contributed by atoms with Crippen molar-refractivity contribution in [3.8, 4) is 0 Å². The molecule has 0 aliphatic rings. The van der Waals surface area contributed by atoms with Crippen molar-refractivity contribution in [1.82, 2.24) is 0 Å². The summed E-state index contributed by atoms with van der Waals surface area (Å²) in [6.07, 6.45) is 0. The Bertz CT molecular complexity index is 366. The van der Waals surface area contributed by atoms with E-state index in [1.54, 1.807) is 12.1 Å². The van der Waals surface area contributed by atoms with E-state index < -0.39 is 10.8 Å². The van der Waals surface area contributed by atoms with Crippen LogP contribution >= 0.6 is 11.6 Å².